The number of sulfonamides is 1. The summed E-state index contributed by atoms with van der Waals surface area (Å²) in [6.45, 7) is 2.17. The quantitative estimate of drug-likeness (QED) is 0.822. The minimum Gasteiger partial charge on any atom is -0.388 e. The lowest BCUT2D eigenvalue weighted by Gasteiger charge is -2.28. The van der Waals surface area contributed by atoms with E-state index in [9.17, 15) is 13.5 Å². The molecule has 1 unspecified atom stereocenters. The fraction of sp³-hybridized carbons (Fsp3) is 0.444. The molecule has 2 aromatic rings. The topological polar surface area (TPSA) is 66.4 Å². The van der Waals surface area contributed by atoms with Crippen molar-refractivity contribution in [1.82, 2.24) is 4.72 Å². The Bertz CT molecular complexity index is 776. The number of thiophene rings is 1. The summed E-state index contributed by atoms with van der Waals surface area (Å²) in [6.07, 6.45) is 3.68. The summed E-state index contributed by atoms with van der Waals surface area (Å²) in [7, 11) is -3.50. The molecule has 1 saturated carbocycles. The minimum atomic E-state index is -3.50. The van der Waals surface area contributed by atoms with Crippen molar-refractivity contribution in [3.05, 3.63) is 52.2 Å². The average Bonchev–Trinajstić information content (AvgIpc) is 3.24. The maximum atomic E-state index is 12.5. The first-order chi connectivity index (χ1) is 11.4. The fourth-order valence-corrected chi connectivity index (χ4v) is 5.68. The lowest BCUT2D eigenvalue weighted by molar-refractivity contribution is 0.203. The summed E-state index contributed by atoms with van der Waals surface area (Å²) < 4.78 is 27.9. The molecule has 0 spiro atoms. The molecule has 0 amide bonds. The van der Waals surface area contributed by atoms with Crippen LogP contribution in [0.2, 0.25) is 0 Å². The van der Waals surface area contributed by atoms with Gasteiger partial charge in [0.25, 0.3) is 0 Å². The van der Waals surface area contributed by atoms with Gasteiger partial charge in [0, 0.05) is 21.7 Å². The van der Waals surface area contributed by atoms with E-state index in [1.165, 1.54) is 4.88 Å². The van der Waals surface area contributed by atoms with E-state index in [4.69, 9.17) is 0 Å². The van der Waals surface area contributed by atoms with Gasteiger partial charge in [-0.3, -0.25) is 0 Å². The van der Waals surface area contributed by atoms with E-state index < -0.39 is 16.1 Å². The number of aliphatic hydroxyl groups is 1. The van der Waals surface area contributed by atoms with Gasteiger partial charge in [0.05, 0.1) is 11.0 Å². The van der Waals surface area contributed by atoms with E-state index in [-0.39, 0.29) is 5.41 Å². The number of nitrogens with one attached hydrogen (secondary N) is 1. The van der Waals surface area contributed by atoms with Gasteiger partial charge in [-0.15, -0.1) is 11.3 Å². The normalized spacial score (nSPS) is 18.6. The van der Waals surface area contributed by atoms with Gasteiger partial charge >= 0.3 is 0 Å². The second kappa shape index (κ2) is 6.96. The molecule has 1 atom stereocenters. The zero-order valence-electron chi connectivity index (χ0n) is 13.7. The first kappa shape index (κ1) is 17.6. The van der Waals surface area contributed by atoms with E-state index in [0.29, 0.717) is 11.4 Å². The van der Waals surface area contributed by atoms with Gasteiger partial charge in [-0.2, -0.15) is 0 Å². The highest BCUT2D eigenvalue weighted by atomic mass is 32.2. The van der Waals surface area contributed by atoms with E-state index in [1.54, 1.807) is 48.6 Å². The molecule has 3 rings (SSSR count). The van der Waals surface area contributed by atoms with Crippen molar-refractivity contribution >= 4 is 21.4 Å². The van der Waals surface area contributed by atoms with Crippen molar-refractivity contribution in [2.45, 2.75) is 49.0 Å². The predicted octanol–water partition coefficient (Wildman–Crippen LogP) is 3.59. The molecule has 1 aliphatic carbocycles. The number of rotatable bonds is 6. The third-order valence-corrected chi connectivity index (χ3v) is 7.70. The van der Waals surface area contributed by atoms with Crippen LogP contribution in [0.25, 0.3) is 0 Å². The van der Waals surface area contributed by atoms with Crippen molar-refractivity contribution in [2.75, 3.05) is 6.54 Å². The molecule has 1 aliphatic rings. The molecule has 0 radical (unpaired) electrons. The van der Waals surface area contributed by atoms with Crippen LogP contribution in [0.5, 0.6) is 0 Å². The Hall–Kier alpha value is -1.21. The molecule has 6 heteroatoms. The monoisotopic (exact) mass is 365 g/mol. The summed E-state index contributed by atoms with van der Waals surface area (Å²) in [5.74, 6) is 0. The highest BCUT2D eigenvalue weighted by molar-refractivity contribution is 7.89. The molecule has 1 aromatic carbocycles. The Balaban J connectivity index is 1.82. The van der Waals surface area contributed by atoms with Crippen LogP contribution in [0.3, 0.4) is 0 Å². The molecular formula is C18H23NO3S2. The molecule has 2 N–H and O–H groups in total. The van der Waals surface area contributed by atoms with Gasteiger partial charge in [-0.1, -0.05) is 31.0 Å². The lowest BCUT2D eigenvalue weighted by Crippen LogP contribution is -2.38. The van der Waals surface area contributed by atoms with Crippen molar-refractivity contribution < 1.29 is 13.5 Å². The van der Waals surface area contributed by atoms with Crippen molar-refractivity contribution in [3.8, 4) is 0 Å². The highest BCUT2D eigenvalue weighted by Crippen LogP contribution is 2.44. The van der Waals surface area contributed by atoms with Gasteiger partial charge in [-0.25, -0.2) is 13.1 Å². The second-order valence-electron chi connectivity index (χ2n) is 6.50. The zero-order chi connectivity index (χ0) is 17.2. The number of benzene rings is 1. The average molecular weight is 366 g/mol. The van der Waals surface area contributed by atoms with Gasteiger partial charge in [-0.05, 0) is 44.0 Å². The van der Waals surface area contributed by atoms with Crippen molar-refractivity contribution in [2.24, 2.45) is 0 Å². The molecule has 4 nitrogen and oxygen atoms in total. The zero-order valence-corrected chi connectivity index (χ0v) is 15.4. The van der Waals surface area contributed by atoms with Crippen LogP contribution in [0.1, 0.15) is 48.5 Å². The molecule has 0 aliphatic heterocycles. The van der Waals surface area contributed by atoms with Crippen LogP contribution in [0.4, 0.5) is 0 Å². The molecular weight excluding hydrogens is 342 g/mol. The van der Waals surface area contributed by atoms with Crippen LogP contribution >= 0.6 is 11.3 Å². The summed E-state index contributed by atoms with van der Waals surface area (Å²) in [4.78, 5) is 2.41. The number of aliphatic hydroxyl groups excluding tert-OH is 1. The fourth-order valence-electron chi connectivity index (χ4n) is 3.34. The van der Waals surface area contributed by atoms with Crippen LogP contribution in [-0.4, -0.2) is 20.1 Å². The Morgan fingerprint density at radius 2 is 1.83 bits per heavy atom. The van der Waals surface area contributed by atoms with Crippen molar-refractivity contribution in [3.63, 3.8) is 0 Å². The number of hydrogen-bond acceptors (Lipinski definition) is 4. The molecule has 1 aromatic heterocycles. The summed E-state index contributed by atoms with van der Waals surface area (Å²) in [5, 5.41) is 9.77. The maximum Gasteiger partial charge on any atom is 0.240 e. The first-order valence-corrected chi connectivity index (χ1v) is 10.6. The van der Waals surface area contributed by atoms with Gasteiger partial charge in [0.15, 0.2) is 0 Å². The summed E-state index contributed by atoms with van der Waals surface area (Å²) in [6, 6.07) is 12.5. The van der Waals surface area contributed by atoms with Crippen LogP contribution < -0.4 is 4.72 Å². The lowest BCUT2D eigenvalue weighted by atomic mass is 9.85. The minimum absolute atomic E-state index is 0.153. The summed E-state index contributed by atoms with van der Waals surface area (Å²) in [5.41, 5.74) is -0.153. The van der Waals surface area contributed by atoms with Crippen LogP contribution in [0.15, 0.2) is 47.4 Å². The first-order valence-electron chi connectivity index (χ1n) is 8.26. The van der Waals surface area contributed by atoms with Crippen LogP contribution in [0, 0.1) is 0 Å². The molecule has 130 valence electrons. The third-order valence-electron chi connectivity index (χ3n) is 4.78. The molecule has 24 heavy (non-hydrogen) atoms. The van der Waals surface area contributed by atoms with Crippen LogP contribution in [-0.2, 0) is 15.4 Å². The molecule has 0 saturated heterocycles. The predicted molar refractivity (Wildman–Crippen MR) is 96.7 cm³/mol. The second-order valence-corrected chi connectivity index (χ2v) is 9.39. The van der Waals surface area contributed by atoms with E-state index in [0.717, 1.165) is 30.6 Å². The molecule has 0 bridgehead atoms. The SMILES string of the molecule is CC(O)c1ccc(C2(CNS(=O)(=O)c3ccccc3)CCCC2)s1. The Morgan fingerprint density at radius 1 is 1.17 bits per heavy atom. The van der Waals surface area contributed by atoms with E-state index in [1.807, 2.05) is 6.07 Å². The van der Waals surface area contributed by atoms with Gasteiger partial charge < -0.3 is 5.11 Å². The standard InChI is InChI=1S/C18H23NO3S2/c1-14(20)16-9-10-17(23-16)18(11-5-6-12-18)13-19-24(21,22)15-7-3-2-4-8-15/h2-4,7-10,14,19-20H,5-6,11-13H2,1H3. The smallest absolute Gasteiger partial charge is 0.240 e. The largest absolute Gasteiger partial charge is 0.388 e. The number of hydrogen-bond donors (Lipinski definition) is 2. The van der Waals surface area contributed by atoms with Crippen molar-refractivity contribution in [1.29, 1.82) is 0 Å². The Kier molecular flexibility index (Phi) is 5.11. The highest BCUT2D eigenvalue weighted by Gasteiger charge is 2.38. The Labute approximate surface area is 147 Å². The van der Waals surface area contributed by atoms with Gasteiger partial charge in [0.1, 0.15) is 0 Å². The third kappa shape index (κ3) is 3.57. The Morgan fingerprint density at radius 3 is 2.42 bits per heavy atom. The van der Waals surface area contributed by atoms with E-state index in [2.05, 4.69) is 10.8 Å². The molecule has 1 heterocycles. The van der Waals surface area contributed by atoms with E-state index >= 15 is 0 Å². The maximum absolute atomic E-state index is 12.5. The summed E-state index contributed by atoms with van der Waals surface area (Å²) >= 11 is 1.60. The molecule has 1 fully saturated rings. The van der Waals surface area contributed by atoms with Gasteiger partial charge in [0.2, 0.25) is 10.0 Å².